The fourth-order valence-electron chi connectivity index (χ4n) is 3.79. The van der Waals surface area contributed by atoms with E-state index in [4.69, 9.17) is 15.3 Å². The number of aliphatic carboxylic acids is 2. The second-order valence-electron chi connectivity index (χ2n) is 8.12. The number of carboxylic acids is 2. The standard InChI is InChI=1S/C19H20N2O2S.C4H6O5/c1-13-8-9-18-16(12-13)19-15(10-11-20(2)3)14-6-4-5-7-17(14)21(19)24(18,22)23;5-2(4(8)9)1-3(6)7/h4-9,12H,10-11H2,1-3H3;2,5H,1H2,(H,6,7)(H,8,9). The highest BCUT2D eigenvalue weighted by atomic mass is 32.2. The number of carboxylic acid groups (broad SMARTS) is 2. The van der Waals surface area contributed by atoms with Crippen molar-refractivity contribution in [1.29, 1.82) is 0 Å². The van der Waals surface area contributed by atoms with E-state index < -0.39 is 34.5 Å². The highest BCUT2D eigenvalue weighted by molar-refractivity contribution is 7.90. The lowest BCUT2D eigenvalue weighted by atomic mass is 10.0. The van der Waals surface area contributed by atoms with E-state index in [1.54, 1.807) is 6.07 Å². The summed E-state index contributed by atoms with van der Waals surface area (Å²) in [5.74, 6) is -2.85. The predicted octanol–water partition coefficient (Wildman–Crippen LogP) is 2.18. The predicted molar refractivity (Wildman–Crippen MR) is 123 cm³/mol. The van der Waals surface area contributed by atoms with Crippen molar-refractivity contribution in [2.24, 2.45) is 0 Å². The number of para-hydroxylation sites is 1. The molecule has 1 aromatic heterocycles. The minimum atomic E-state index is -3.52. The van der Waals surface area contributed by atoms with Gasteiger partial charge in [-0.3, -0.25) is 4.79 Å². The van der Waals surface area contributed by atoms with Gasteiger partial charge in [0.2, 0.25) is 0 Å². The Morgan fingerprint density at radius 2 is 1.76 bits per heavy atom. The molecule has 10 heteroatoms. The lowest BCUT2D eigenvalue weighted by molar-refractivity contribution is -0.152. The quantitative estimate of drug-likeness (QED) is 0.387. The van der Waals surface area contributed by atoms with Crippen LogP contribution in [0.5, 0.6) is 0 Å². The molecule has 3 N–H and O–H groups in total. The first kappa shape index (κ1) is 24.4. The molecule has 0 aliphatic carbocycles. The van der Waals surface area contributed by atoms with Gasteiger partial charge >= 0.3 is 11.9 Å². The molecule has 0 bridgehead atoms. The van der Waals surface area contributed by atoms with Gasteiger partial charge in [-0.05, 0) is 51.2 Å². The molecule has 1 atom stereocenters. The molecule has 2 aromatic carbocycles. The number of aryl methyl sites for hydroxylation is 1. The van der Waals surface area contributed by atoms with E-state index in [0.29, 0.717) is 4.90 Å². The molecule has 0 spiro atoms. The number of hydrogen-bond donors (Lipinski definition) is 3. The number of rotatable bonds is 6. The Balaban J connectivity index is 0.000000292. The molecule has 1 aliphatic heterocycles. The van der Waals surface area contributed by atoms with E-state index in [2.05, 4.69) is 4.90 Å². The van der Waals surface area contributed by atoms with Gasteiger partial charge in [0.25, 0.3) is 10.0 Å². The maximum Gasteiger partial charge on any atom is 0.333 e. The summed E-state index contributed by atoms with van der Waals surface area (Å²) in [5, 5.41) is 25.2. The third-order valence-electron chi connectivity index (χ3n) is 5.31. The number of aromatic nitrogens is 1. The van der Waals surface area contributed by atoms with Crippen LogP contribution in [0.2, 0.25) is 0 Å². The first-order chi connectivity index (χ1) is 15.4. The van der Waals surface area contributed by atoms with E-state index in [1.807, 2.05) is 57.4 Å². The van der Waals surface area contributed by atoms with Gasteiger partial charge in [0.15, 0.2) is 6.10 Å². The molecular weight excluding hydrogens is 448 g/mol. The molecule has 9 nitrogen and oxygen atoms in total. The van der Waals surface area contributed by atoms with Crippen LogP contribution in [0.15, 0.2) is 47.4 Å². The summed E-state index contributed by atoms with van der Waals surface area (Å²) in [6.07, 6.45) is -1.73. The maximum atomic E-state index is 13.1. The van der Waals surface area contributed by atoms with Gasteiger partial charge in [-0.15, -0.1) is 0 Å². The van der Waals surface area contributed by atoms with Crippen molar-refractivity contribution in [3.8, 4) is 11.3 Å². The third-order valence-corrected chi connectivity index (χ3v) is 7.08. The number of carbonyl (C=O) groups is 2. The van der Waals surface area contributed by atoms with E-state index in [1.165, 1.54) is 3.97 Å². The average molecular weight is 475 g/mol. The maximum absolute atomic E-state index is 13.1. The zero-order valence-corrected chi connectivity index (χ0v) is 19.3. The lowest BCUT2D eigenvalue weighted by Crippen LogP contribution is -2.22. The smallest absolute Gasteiger partial charge is 0.333 e. The van der Waals surface area contributed by atoms with Gasteiger partial charge in [-0.2, -0.15) is 0 Å². The molecule has 0 radical (unpaired) electrons. The van der Waals surface area contributed by atoms with Crippen LogP contribution in [0, 0.1) is 6.92 Å². The zero-order valence-electron chi connectivity index (χ0n) is 18.5. The van der Waals surface area contributed by atoms with Crippen molar-refractivity contribution in [2.75, 3.05) is 20.6 Å². The van der Waals surface area contributed by atoms with E-state index in [-0.39, 0.29) is 0 Å². The van der Waals surface area contributed by atoms with Crippen LogP contribution >= 0.6 is 0 Å². The molecule has 3 aromatic rings. The number of benzene rings is 2. The van der Waals surface area contributed by atoms with E-state index >= 15 is 0 Å². The number of fused-ring (bicyclic) bond motifs is 5. The summed E-state index contributed by atoms with van der Waals surface area (Å²) >= 11 is 0. The van der Waals surface area contributed by atoms with Gasteiger partial charge < -0.3 is 20.2 Å². The number of aliphatic hydroxyl groups excluding tert-OH is 1. The molecule has 0 saturated carbocycles. The van der Waals surface area contributed by atoms with E-state index in [0.717, 1.165) is 46.3 Å². The normalized spacial score (nSPS) is 14.3. The lowest BCUT2D eigenvalue weighted by Gasteiger charge is -2.10. The molecule has 0 saturated heterocycles. The van der Waals surface area contributed by atoms with E-state index in [9.17, 15) is 18.0 Å². The van der Waals surface area contributed by atoms with Crippen LogP contribution in [0.1, 0.15) is 17.5 Å². The van der Waals surface area contributed by atoms with Gasteiger partial charge in [0.1, 0.15) is 0 Å². The monoisotopic (exact) mass is 474 g/mol. The molecule has 1 aliphatic rings. The van der Waals surface area contributed by atoms with Crippen LogP contribution in [0.3, 0.4) is 0 Å². The number of likely N-dealkylation sites (N-methyl/N-ethyl adjacent to an activating group) is 1. The van der Waals surface area contributed by atoms with Crippen molar-refractivity contribution >= 4 is 32.9 Å². The summed E-state index contributed by atoms with van der Waals surface area (Å²) in [4.78, 5) is 22.0. The number of aliphatic hydroxyl groups is 1. The molecule has 0 fully saturated rings. The SMILES string of the molecule is Cc1ccc2c(c1)-c1c(CCN(C)C)c3ccccc3n1S2(=O)=O.O=C(O)CC(O)C(=O)O. The zero-order chi connectivity index (χ0) is 24.5. The Kier molecular flexibility index (Phi) is 6.92. The third kappa shape index (κ3) is 4.77. The second-order valence-corrected chi connectivity index (χ2v) is 9.87. The average Bonchev–Trinajstić information content (AvgIpc) is 3.17. The summed E-state index contributed by atoms with van der Waals surface area (Å²) in [6.45, 7) is 2.87. The van der Waals surface area contributed by atoms with Crippen LogP contribution in [0.25, 0.3) is 22.2 Å². The van der Waals surface area contributed by atoms with Crippen molar-refractivity contribution in [3.63, 3.8) is 0 Å². The topological polar surface area (TPSA) is 137 Å². The highest BCUT2D eigenvalue weighted by Crippen LogP contribution is 2.45. The van der Waals surface area contributed by atoms with Gasteiger partial charge in [-0.1, -0.05) is 29.8 Å². The van der Waals surface area contributed by atoms with Gasteiger partial charge in [0.05, 0.1) is 22.5 Å². The number of nitrogens with zero attached hydrogens (tertiary/aromatic N) is 2. The molecule has 2 heterocycles. The van der Waals surface area contributed by atoms with Gasteiger partial charge in [0, 0.05) is 17.5 Å². The molecule has 176 valence electrons. The van der Waals surface area contributed by atoms with Crippen LogP contribution in [-0.2, 0) is 26.0 Å². The minimum absolute atomic E-state index is 0.417. The van der Waals surface area contributed by atoms with Crippen LogP contribution in [-0.4, -0.2) is 71.3 Å². The molecule has 0 amide bonds. The fraction of sp³-hybridized carbons (Fsp3) is 0.304. The molecular formula is C23H26N2O7S. The summed E-state index contributed by atoms with van der Waals surface area (Å²) in [6, 6.07) is 13.4. The molecule has 1 unspecified atom stereocenters. The number of hydrogen-bond acceptors (Lipinski definition) is 6. The van der Waals surface area contributed by atoms with Gasteiger partial charge in [-0.25, -0.2) is 17.2 Å². The Hall–Kier alpha value is -3.21. The van der Waals surface area contributed by atoms with Crippen LogP contribution in [0.4, 0.5) is 0 Å². The molecule has 4 rings (SSSR count). The first-order valence-corrected chi connectivity index (χ1v) is 11.7. The Morgan fingerprint density at radius 3 is 2.33 bits per heavy atom. The second kappa shape index (κ2) is 9.34. The first-order valence-electron chi connectivity index (χ1n) is 10.2. The Morgan fingerprint density at radius 1 is 1.09 bits per heavy atom. The van der Waals surface area contributed by atoms with Crippen LogP contribution < -0.4 is 0 Å². The largest absolute Gasteiger partial charge is 0.481 e. The highest BCUT2D eigenvalue weighted by Gasteiger charge is 2.36. The summed E-state index contributed by atoms with van der Waals surface area (Å²) in [5.41, 5.74) is 4.64. The van der Waals surface area contributed by atoms with Crippen molar-refractivity contribution in [3.05, 3.63) is 53.6 Å². The summed E-state index contributed by atoms with van der Waals surface area (Å²) < 4.78 is 27.7. The van der Waals surface area contributed by atoms with Crippen molar-refractivity contribution in [1.82, 2.24) is 8.87 Å². The summed E-state index contributed by atoms with van der Waals surface area (Å²) in [7, 11) is 0.547. The Labute approximate surface area is 191 Å². The molecule has 33 heavy (non-hydrogen) atoms. The van der Waals surface area contributed by atoms with Crippen molar-refractivity contribution in [2.45, 2.75) is 30.8 Å². The van der Waals surface area contributed by atoms with Crippen molar-refractivity contribution < 1.29 is 33.3 Å². The Bertz CT molecular complexity index is 1330. The fourth-order valence-corrected chi connectivity index (χ4v) is 5.53. The minimum Gasteiger partial charge on any atom is -0.481 e.